The number of benzene rings is 2. The molecule has 3 heterocycles. The molecule has 2 aromatic heterocycles. The first-order valence-electron chi connectivity index (χ1n) is 11.9. The second kappa shape index (κ2) is 9.75. The molecule has 10 nitrogen and oxygen atoms in total. The second-order valence-electron chi connectivity index (χ2n) is 9.25. The van der Waals surface area contributed by atoms with Gasteiger partial charge in [0, 0.05) is 31.8 Å². The van der Waals surface area contributed by atoms with Crippen molar-refractivity contribution >= 4 is 27.8 Å². The Morgan fingerprint density at radius 3 is 2.78 bits per heavy atom. The van der Waals surface area contributed by atoms with E-state index in [0.29, 0.717) is 18.9 Å². The predicted molar refractivity (Wildman–Crippen MR) is 140 cm³/mol. The molecule has 3 N–H and O–H groups in total. The summed E-state index contributed by atoms with van der Waals surface area (Å²) in [5, 5.41) is 18.1. The summed E-state index contributed by atoms with van der Waals surface area (Å²) in [4.78, 5) is 16.2. The number of carbonyl (C=O) groups is 1. The third kappa shape index (κ3) is 4.66. The van der Waals surface area contributed by atoms with Gasteiger partial charge in [0.05, 0.1) is 24.7 Å². The third-order valence-corrected chi connectivity index (χ3v) is 8.88. The number of carboxylic acid groups (broad SMARTS) is 1. The Balaban J connectivity index is 1.53. The third-order valence-electron chi connectivity index (χ3n) is 6.96. The molecule has 0 radical (unpaired) electrons. The smallest absolute Gasteiger partial charge is 0.304 e. The number of rotatable bonds is 6. The van der Waals surface area contributed by atoms with Crippen molar-refractivity contribution in [1.82, 2.24) is 24.3 Å². The fourth-order valence-electron chi connectivity index (χ4n) is 4.86. The van der Waals surface area contributed by atoms with Crippen LogP contribution in [0.2, 0.25) is 0 Å². The van der Waals surface area contributed by atoms with Gasteiger partial charge in [-0.15, -0.1) is 15.9 Å². The van der Waals surface area contributed by atoms with Crippen LogP contribution in [0.4, 0.5) is 0 Å². The molecule has 2 aromatic carbocycles. The molecular weight excluding hydrogens is 494 g/mol. The Bertz CT molecular complexity index is 1490. The first-order chi connectivity index (χ1) is 17.7. The Hall–Kier alpha value is -3.51. The SMILES string of the molecule is Cc1ccc(C(CC(=O)O)c2ccc3c(nnn3C)c2C)cc1CN1CCOc2ccncc2S1(O)O. The van der Waals surface area contributed by atoms with E-state index in [4.69, 9.17) is 4.74 Å². The number of hydrogen-bond acceptors (Lipinski definition) is 8. The van der Waals surface area contributed by atoms with Gasteiger partial charge in [-0.3, -0.25) is 18.9 Å². The zero-order valence-corrected chi connectivity index (χ0v) is 21.6. The van der Waals surface area contributed by atoms with E-state index in [2.05, 4.69) is 15.3 Å². The van der Waals surface area contributed by atoms with Crippen LogP contribution >= 0.6 is 10.8 Å². The minimum atomic E-state index is -3.33. The molecular formula is C26H29N5O5S. The van der Waals surface area contributed by atoms with Gasteiger partial charge < -0.3 is 9.84 Å². The lowest BCUT2D eigenvalue weighted by Gasteiger charge is -2.41. The van der Waals surface area contributed by atoms with E-state index in [0.717, 1.165) is 38.9 Å². The largest absolute Gasteiger partial charge is 0.490 e. The number of fused-ring (bicyclic) bond motifs is 2. The highest BCUT2D eigenvalue weighted by Gasteiger charge is 2.32. The zero-order chi connectivity index (χ0) is 26.3. The van der Waals surface area contributed by atoms with E-state index in [1.807, 2.05) is 51.2 Å². The van der Waals surface area contributed by atoms with Crippen LogP contribution in [0.25, 0.3) is 11.0 Å². The van der Waals surface area contributed by atoms with Crippen LogP contribution in [0, 0.1) is 13.8 Å². The lowest BCUT2D eigenvalue weighted by atomic mass is 9.84. The minimum absolute atomic E-state index is 0.0963. The molecule has 194 valence electrons. The summed E-state index contributed by atoms with van der Waals surface area (Å²) in [5.41, 5.74) is 6.06. The van der Waals surface area contributed by atoms with Crippen LogP contribution in [0.1, 0.15) is 40.2 Å². The molecule has 11 heteroatoms. The molecule has 1 atom stereocenters. The molecule has 0 fully saturated rings. The van der Waals surface area contributed by atoms with Crippen molar-refractivity contribution in [1.29, 1.82) is 0 Å². The highest BCUT2D eigenvalue weighted by Crippen LogP contribution is 2.56. The van der Waals surface area contributed by atoms with Crippen LogP contribution in [0.5, 0.6) is 5.75 Å². The number of nitrogens with zero attached hydrogens (tertiary/aromatic N) is 5. The molecule has 0 amide bonds. The van der Waals surface area contributed by atoms with Crippen molar-refractivity contribution in [2.45, 2.75) is 37.6 Å². The van der Waals surface area contributed by atoms with Crippen LogP contribution < -0.4 is 4.74 Å². The van der Waals surface area contributed by atoms with E-state index in [1.165, 1.54) is 6.20 Å². The highest BCUT2D eigenvalue weighted by molar-refractivity contribution is 8.22. The topological polar surface area (TPSA) is 134 Å². The Labute approximate surface area is 216 Å². The van der Waals surface area contributed by atoms with Crippen molar-refractivity contribution in [3.8, 4) is 5.75 Å². The summed E-state index contributed by atoms with van der Waals surface area (Å²) in [7, 11) is -1.51. The average Bonchev–Trinajstić information content (AvgIpc) is 3.19. The van der Waals surface area contributed by atoms with E-state index < -0.39 is 22.7 Å². The average molecular weight is 524 g/mol. The number of ether oxygens (including phenoxy) is 1. The van der Waals surface area contributed by atoms with Crippen LogP contribution in [0.15, 0.2) is 53.7 Å². The van der Waals surface area contributed by atoms with Crippen molar-refractivity contribution in [2.75, 3.05) is 13.2 Å². The first kappa shape index (κ1) is 25.2. The summed E-state index contributed by atoms with van der Waals surface area (Å²) in [5.74, 6) is -0.908. The zero-order valence-electron chi connectivity index (χ0n) is 20.8. The summed E-state index contributed by atoms with van der Waals surface area (Å²) in [6.45, 7) is 4.75. The molecule has 1 aliphatic rings. The Morgan fingerprint density at radius 1 is 1.19 bits per heavy atom. The number of hydrogen-bond donors (Lipinski definition) is 3. The molecule has 0 saturated heterocycles. The van der Waals surface area contributed by atoms with E-state index in [-0.39, 0.29) is 17.9 Å². The lowest BCUT2D eigenvalue weighted by molar-refractivity contribution is -0.137. The highest BCUT2D eigenvalue weighted by atomic mass is 32.3. The van der Waals surface area contributed by atoms with Gasteiger partial charge in [-0.2, -0.15) is 4.31 Å². The van der Waals surface area contributed by atoms with Gasteiger partial charge in [-0.25, -0.2) is 4.68 Å². The summed E-state index contributed by atoms with van der Waals surface area (Å²) < 4.78 is 31.4. The molecule has 0 aliphatic carbocycles. The Kier molecular flexibility index (Phi) is 6.63. The van der Waals surface area contributed by atoms with Gasteiger partial charge in [0.25, 0.3) is 0 Å². The van der Waals surface area contributed by atoms with Gasteiger partial charge >= 0.3 is 5.97 Å². The molecule has 1 unspecified atom stereocenters. The van der Waals surface area contributed by atoms with Gasteiger partial charge in [0.1, 0.15) is 22.8 Å². The fraction of sp³-hybridized carbons (Fsp3) is 0.308. The van der Waals surface area contributed by atoms with Crippen LogP contribution in [-0.4, -0.2) is 57.6 Å². The summed E-state index contributed by atoms with van der Waals surface area (Å²) in [6, 6.07) is 11.3. The Morgan fingerprint density at radius 2 is 2.00 bits per heavy atom. The molecule has 0 spiro atoms. The number of carboxylic acids is 1. The van der Waals surface area contributed by atoms with Gasteiger partial charge in [-0.05, 0) is 47.7 Å². The van der Waals surface area contributed by atoms with E-state index >= 15 is 0 Å². The molecule has 5 rings (SSSR count). The minimum Gasteiger partial charge on any atom is -0.490 e. The molecule has 1 aliphatic heterocycles. The number of aromatic nitrogens is 4. The van der Waals surface area contributed by atoms with Crippen molar-refractivity contribution in [3.05, 3.63) is 76.6 Å². The standard InChI is InChI=1S/C26H29N5O5S/c1-16-4-5-18(21(13-25(32)33)20-6-7-22-26(17(20)2)28-29-30(22)3)12-19(16)15-31-10-11-36-23-8-9-27-14-24(23)37(31,34)35/h4-9,12,14,21,34-35H,10-11,13,15H2,1-3H3,(H,32,33). The van der Waals surface area contributed by atoms with Crippen LogP contribution in [-0.2, 0) is 18.4 Å². The number of aliphatic carboxylic acids is 1. The van der Waals surface area contributed by atoms with E-state index in [9.17, 15) is 19.0 Å². The monoisotopic (exact) mass is 523 g/mol. The number of aryl methyl sites for hydroxylation is 3. The van der Waals surface area contributed by atoms with Crippen LogP contribution in [0.3, 0.4) is 0 Å². The molecule has 4 aromatic rings. The van der Waals surface area contributed by atoms with Gasteiger partial charge in [0.2, 0.25) is 0 Å². The number of pyridine rings is 1. The van der Waals surface area contributed by atoms with Crippen molar-refractivity contribution in [2.24, 2.45) is 7.05 Å². The molecule has 37 heavy (non-hydrogen) atoms. The van der Waals surface area contributed by atoms with Crippen molar-refractivity contribution < 1.29 is 23.7 Å². The second-order valence-corrected chi connectivity index (χ2v) is 11.2. The maximum atomic E-state index is 11.9. The maximum absolute atomic E-state index is 11.9. The molecule has 0 bridgehead atoms. The molecule has 0 saturated carbocycles. The quantitative estimate of drug-likeness (QED) is 0.334. The summed E-state index contributed by atoms with van der Waals surface area (Å²) in [6.07, 6.45) is 2.89. The first-order valence-corrected chi connectivity index (χ1v) is 13.4. The van der Waals surface area contributed by atoms with Gasteiger partial charge in [-0.1, -0.05) is 29.5 Å². The van der Waals surface area contributed by atoms with Gasteiger partial charge in [0.15, 0.2) is 0 Å². The summed E-state index contributed by atoms with van der Waals surface area (Å²) >= 11 is 0. The van der Waals surface area contributed by atoms with Crippen molar-refractivity contribution in [3.63, 3.8) is 0 Å². The predicted octanol–water partition coefficient (Wildman–Crippen LogP) is 4.51. The van der Waals surface area contributed by atoms with E-state index in [1.54, 1.807) is 21.3 Å². The maximum Gasteiger partial charge on any atom is 0.304 e. The fourth-order valence-corrected chi connectivity index (χ4v) is 6.39. The normalized spacial score (nSPS) is 17.0. The lowest BCUT2D eigenvalue weighted by Crippen LogP contribution is -2.29.